The fourth-order valence-corrected chi connectivity index (χ4v) is 2.21. The van der Waals surface area contributed by atoms with Gasteiger partial charge in [-0.1, -0.05) is 6.92 Å². The van der Waals surface area contributed by atoms with Crippen LogP contribution in [0, 0.1) is 0 Å². The molecule has 0 saturated carbocycles. The van der Waals surface area contributed by atoms with Crippen molar-refractivity contribution in [1.82, 2.24) is 5.32 Å². The van der Waals surface area contributed by atoms with E-state index >= 15 is 0 Å². The topological polar surface area (TPSA) is 39.7 Å². The van der Waals surface area contributed by atoms with Gasteiger partial charge in [0.2, 0.25) is 0 Å². The number of rotatable bonds is 5. The Hall–Kier alpha value is -0.580. The molecular formula is C13H23NO3. The van der Waals surface area contributed by atoms with Crippen LogP contribution in [-0.2, 0) is 14.2 Å². The third-order valence-electron chi connectivity index (χ3n) is 3.10. The van der Waals surface area contributed by atoms with Crippen LogP contribution >= 0.6 is 0 Å². The Kier molecular flexibility index (Phi) is 5.29. The second-order valence-electron chi connectivity index (χ2n) is 4.51. The van der Waals surface area contributed by atoms with Gasteiger partial charge in [0.25, 0.3) is 0 Å². The zero-order chi connectivity index (χ0) is 11.9. The lowest BCUT2D eigenvalue weighted by Crippen LogP contribution is -2.48. The second-order valence-corrected chi connectivity index (χ2v) is 4.51. The van der Waals surface area contributed by atoms with Crippen LogP contribution in [0.25, 0.3) is 0 Å². The molecule has 0 aromatic carbocycles. The highest BCUT2D eigenvalue weighted by molar-refractivity contribution is 5.09. The van der Waals surface area contributed by atoms with Crippen molar-refractivity contribution in [1.29, 1.82) is 0 Å². The van der Waals surface area contributed by atoms with Crippen molar-refractivity contribution in [3.8, 4) is 0 Å². The Labute approximate surface area is 103 Å². The van der Waals surface area contributed by atoms with Gasteiger partial charge in [-0.3, -0.25) is 0 Å². The van der Waals surface area contributed by atoms with Crippen LogP contribution in [0.4, 0.5) is 0 Å². The summed E-state index contributed by atoms with van der Waals surface area (Å²) in [6.07, 6.45) is 5.60. The van der Waals surface area contributed by atoms with Crippen molar-refractivity contribution < 1.29 is 14.2 Å². The zero-order valence-corrected chi connectivity index (χ0v) is 10.6. The van der Waals surface area contributed by atoms with Gasteiger partial charge in [-0.2, -0.15) is 0 Å². The molecule has 0 amide bonds. The highest BCUT2D eigenvalue weighted by atomic mass is 16.6. The summed E-state index contributed by atoms with van der Waals surface area (Å²) in [6, 6.07) is 0.149. The van der Waals surface area contributed by atoms with Gasteiger partial charge in [0.05, 0.1) is 32.5 Å². The van der Waals surface area contributed by atoms with E-state index in [-0.39, 0.29) is 12.1 Å². The van der Waals surface area contributed by atoms with E-state index < -0.39 is 0 Å². The summed E-state index contributed by atoms with van der Waals surface area (Å²) in [4.78, 5) is 0. The highest BCUT2D eigenvalue weighted by Crippen LogP contribution is 2.19. The molecule has 17 heavy (non-hydrogen) atoms. The fraction of sp³-hybridized carbons (Fsp3) is 0.846. The Bertz CT molecular complexity index is 249. The summed E-state index contributed by atoms with van der Waals surface area (Å²) >= 11 is 0. The maximum absolute atomic E-state index is 5.78. The van der Waals surface area contributed by atoms with Crippen LogP contribution in [0.5, 0.6) is 0 Å². The molecule has 2 heterocycles. The number of nitrogens with one attached hydrogen (secondary N) is 1. The molecule has 98 valence electrons. The van der Waals surface area contributed by atoms with Crippen LogP contribution in [0.15, 0.2) is 11.8 Å². The van der Waals surface area contributed by atoms with Crippen molar-refractivity contribution >= 4 is 0 Å². The predicted octanol–water partition coefficient (Wildman–Crippen LogP) is 1.46. The molecule has 0 aromatic rings. The SMILES string of the molecule is CCCNC(C1=CCCCO1)C1COCCO1. The molecular weight excluding hydrogens is 218 g/mol. The number of ether oxygens (including phenoxy) is 3. The molecule has 2 atom stereocenters. The number of hydrogen-bond acceptors (Lipinski definition) is 4. The Balaban J connectivity index is 1.97. The van der Waals surface area contributed by atoms with Crippen LogP contribution in [0.1, 0.15) is 26.2 Å². The summed E-state index contributed by atoms with van der Waals surface area (Å²) in [7, 11) is 0. The lowest BCUT2D eigenvalue weighted by atomic mass is 10.1. The van der Waals surface area contributed by atoms with Gasteiger partial charge in [-0.05, 0) is 31.9 Å². The van der Waals surface area contributed by atoms with Crippen LogP contribution in [0.2, 0.25) is 0 Å². The predicted molar refractivity (Wildman–Crippen MR) is 65.9 cm³/mol. The molecule has 2 rings (SSSR count). The molecule has 4 heteroatoms. The third kappa shape index (κ3) is 3.69. The Morgan fingerprint density at radius 1 is 1.41 bits per heavy atom. The van der Waals surface area contributed by atoms with Gasteiger partial charge in [-0.25, -0.2) is 0 Å². The van der Waals surface area contributed by atoms with Crippen LogP contribution in [0.3, 0.4) is 0 Å². The van der Waals surface area contributed by atoms with E-state index in [1.807, 2.05) is 0 Å². The van der Waals surface area contributed by atoms with Gasteiger partial charge >= 0.3 is 0 Å². The van der Waals surface area contributed by atoms with Crippen molar-refractivity contribution in [3.63, 3.8) is 0 Å². The third-order valence-corrected chi connectivity index (χ3v) is 3.10. The van der Waals surface area contributed by atoms with Gasteiger partial charge < -0.3 is 19.5 Å². The molecule has 0 aliphatic carbocycles. The van der Waals surface area contributed by atoms with Crippen LogP contribution in [-0.4, -0.2) is 45.1 Å². The maximum atomic E-state index is 5.78. The molecule has 1 N–H and O–H groups in total. The largest absolute Gasteiger partial charge is 0.496 e. The number of hydrogen-bond donors (Lipinski definition) is 1. The van der Waals surface area contributed by atoms with Gasteiger partial charge in [0.1, 0.15) is 11.9 Å². The first kappa shape index (κ1) is 12.9. The smallest absolute Gasteiger partial charge is 0.112 e. The van der Waals surface area contributed by atoms with E-state index in [4.69, 9.17) is 14.2 Å². The summed E-state index contributed by atoms with van der Waals surface area (Å²) < 4.78 is 17.0. The molecule has 2 aliphatic heterocycles. The molecule has 1 saturated heterocycles. The van der Waals surface area contributed by atoms with Gasteiger partial charge in [0.15, 0.2) is 0 Å². The monoisotopic (exact) mass is 241 g/mol. The first-order valence-corrected chi connectivity index (χ1v) is 6.67. The van der Waals surface area contributed by atoms with E-state index in [1.54, 1.807) is 0 Å². The molecule has 2 unspecified atom stereocenters. The normalized spacial score (nSPS) is 27.1. The molecule has 0 bridgehead atoms. The molecule has 0 radical (unpaired) electrons. The minimum Gasteiger partial charge on any atom is -0.496 e. The average molecular weight is 241 g/mol. The van der Waals surface area contributed by atoms with Gasteiger partial charge in [0, 0.05) is 0 Å². The van der Waals surface area contributed by atoms with Gasteiger partial charge in [-0.15, -0.1) is 0 Å². The highest BCUT2D eigenvalue weighted by Gasteiger charge is 2.29. The summed E-state index contributed by atoms with van der Waals surface area (Å²) in [6.45, 7) is 6.01. The molecule has 4 nitrogen and oxygen atoms in total. The first-order chi connectivity index (χ1) is 8.42. The van der Waals surface area contributed by atoms with Crippen molar-refractivity contribution in [2.75, 3.05) is 33.0 Å². The maximum Gasteiger partial charge on any atom is 0.112 e. The molecule has 2 aliphatic rings. The lowest BCUT2D eigenvalue weighted by Gasteiger charge is -2.33. The Morgan fingerprint density at radius 3 is 3.00 bits per heavy atom. The van der Waals surface area contributed by atoms with Crippen LogP contribution < -0.4 is 5.32 Å². The fourth-order valence-electron chi connectivity index (χ4n) is 2.21. The molecule has 0 spiro atoms. The summed E-state index contributed by atoms with van der Waals surface area (Å²) in [5, 5.41) is 3.51. The van der Waals surface area contributed by atoms with Crippen molar-refractivity contribution in [2.45, 2.75) is 38.3 Å². The second kappa shape index (κ2) is 6.99. The number of allylic oxidation sites excluding steroid dienone is 1. The van der Waals surface area contributed by atoms with E-state index in [2.05, 4.69) is 18.3 Å². The average Bonchev–Trinajstić information content (AvgIpc) is 2.42. The quantitative estimate of drug-likeness (QED) is 0.791. The lowest BCUT2D eigenvalue weighted by molar-refractivity contribution is -0.102. The zero-order valence-electron chi connectivity index (χ0n) is 10.6. The van der Waals surface area contributed by atoms with E-state index in [0.717, 1.165) is 38.2 Å². The van der Waals surface area contributed by atoms with E-state index in [0.29, 0.717) is 19.8 Å². The van der Waals surface area contributed by atoms with Crippen molar-refractivity contribution in [2.24, 2.45) is 0 Å². The summed E-state index contributed by atoms with van der Waals surface area (Å²) in [5.41, 5.74) is 0. The minimum absolute atomic E-state index is 0.0830. The standard InChI is InChI=1S/C13H23NO3/c1-2-6-14-13(11-5-3-4-7-16-11)12-10-15-8-9-17-12/h5,12-14H,2-4,6-10H2,1H3. The van der Waals surface area contributed by atoms with E-state index in [1.165, 1.54) is 0 Å². The Morgan fingerprint density at radius 2 is 2.35 bits per heavy atom. The van der Waals surface area contributed by atoms with E-state index in [9.17, 15) is 0 Å². The molecule has 0 aromatic heterocycles. The first-order valence-electron chi connectivity index (χ1n) is 6.67. The summed E-state index contributed by atoms with van der Waals surface area (Å²) in [5.74, 6) is 1.04. The molecule has 1 fully saturated rings. The van der Waals surface area contributed by atoms with Crippen molar-refractivity contribution in [3.05, 3.63) is 11.8 Å². The minimum atomic E-state index is 0.0830.